The molecule has 28 heavy (non-hydrogen) atoms. The zero-order chi connectivity index (χ0) is 19.3. The lowest BCUT2D eigenvalue weighted by Gasteiger charge is -2.27. The molecule has 3 heterocycles. The van der Waals surface area contributed by atoms with Crippen molar-refractivity contribution in [2.24, 2.45) is 0 Å². The molecule has 0 radical (unpaired) electrons. The number of nitrogens with one attached hydrogen (secondary N) is 1. The first-order chi connectivity index (χ1) is 13.7. The summed E-state index contributed by atoms with van der Waals surface area (Å²) in [5.74, 6) is 0.371. The van der Waals surface area contributed by atoms with E-state index < -0.39 is 0 Å². The fourth-order valence-corrected chi connectivity index (χ4v) is 3.97. The first-order valence-corrected chi connectivity index (χ1v) is 9.88. The number of fused-ring (bicyclic) bond motifs is 1. The Labute approximate surface area is 166 Å². The average Bonchev–Trinajstić information content (AvgIpc) is 3.35. The van der Waals surface area contributed by atoms with Crippen LogP contribution in [0.15, 0.2) is 54.2 Å². The third-order valence-corrected chi connectivity index (χ3v) is 5.51. The maximum Gasteiger partial charge on any atom is 0.262 e. The molecule has 1 N–H and O–H groups in total. The second-order valence-corrected chi connectivity index (χ2v) is 7.51. The largest absolute Gasteiger partial charge is 0.484 e. The van der Waals surface area contributed by atoms with Gasteiger partial charge in [0, 0.05) is 24.2 Å². The molecule has 0 saturated carbocycles. The predicted molar refractivity (Wildman–Crippen MR) is 106 cm³/mol. The van der Waals surface area contributed by atoms with Crippen molar-refractivity contribution in [1.29, 1.82) is 0 Å². The number of anilines is 1. The molecular weight excluding hydrogens is 376 g/mol. The van der Waals surface area contributed by atoms with Gasteiger partial charge >= 0.3 is 0 Å². The fraction of sp³-hybridized carbons (Fsp3) is 0.250. The highest BCUT2D eigenvalue weighted by atomic mass is 32.1. The molecule has 1 aliphatic rings. The summed E-state index contributed by atoms with van der Waals surface area (Å²) in [5.41, 5.74) is 1.77. The van der Waals surface area contributed by atoms with E-state index in [0.717, 1.165) is 13.0 Å². The molecule has 0 saturated heterocycles. The summed E-state index contributed by atoms with van der Waals surface area (Å²) in [6.45, 7) is 1.44. The molecule has 1 aromatic carbocycles. The van der Waals surface area contributed by atoms with Crippen LogP contribution in [0, 0.1) is 0 Å². The minimum atomic E-state index is -0.282. The van der Waals surface area contributed by atoms with Crippen LogP contribution in [0.3, 0.4) is 0 Å². The highest BCUT2D eigenvalue weighted by Crippen LogP contribution is 2.24. The zero-order valence-electron chi connectivity index (χ0n) is 15.2. The topological polar surface area (TPSA) is 76.5 Å². The van der Waals surface area contributed by atoms with Crippen molar-refractivity contribution in [1.82, 2.24) is 14.7 Å². The van der Waals surface area contributed by atoms with Crippen LogP contribution in [-0.4, -0.2) is 39.6 Å². The Balaban J connectivity index is 1.27. The predicted octanol–water partition coefficient (Wildman–Crippen LogP) is 2.55. The van der Waals surface area contributed by atoms with Gasteiger partial charge in [-0.2, -0.15) is 5.10 Å². The van der Waals surface area contributed by atoms with E-state index in [1.165, 1.54) is 16.6 Å². The van der Waals surface area contributed by atoms with Crippen molar-refractivity contribution < 1.29 is 14.3 Å². The number of ether oxygens (including phenoxy) is 1. The summed E-state index contributed by atoms with van der Waals surface area (Å²) in [7, 11) is 0. The number of rotatable bonds is 6. The lowest BCUT2D eigenvalue weighted by atomic mass is 10.1. The number of nitrogens with zero attached hydrogens (tertiary/aromatic N) is 3. The molecule has 1 aliphatic heterocycles. The van der Waals surface area contributed by atoms with Crippen LogP contribution in [0.5, 0.6) is 5.75 Å². The lowest BCUT2D eigenvalue weighted by Crippen LogP contribution is -2.37. The molecule has 7 nitrogen and oxygen atoms in total. The van der Waals surface area contributed by atoms with Crippen molar-refractivity contribution in [3.8, 4) is 5.75 Å². The second-order valence-electron chi connectivity index (χ2n) is 6.51. The van der Waals surface area contributed by atoms with Crippen LogP contribution < -0.4 is 10.1 Å². The molecule has 0 atom stereocenters. The first kappa shape index (κ1) is 18.2. The van der Waals surface area contributed by atoms with Crippen molar-refractivity contribution in [3.63, 3.8) is 0 Å². The monoisotopic (exact) mass is 396 g/mol. The van der Waals surface area contributed by atoms with Gasteiger partial charge in [-0.25, -0.2) is 0 Å². The highest BCUT2D eigenvalue weighted by Gasteiger charge is 2.21. The van der Waals surface area contributed by atoms with Crippen molar-refractivity contribution in [2.75, 3.05) is 18.5 Å². The SMILES string of the molecule is O=C(COc1ccccc1)Nc1cnn(CC(=O)N2CCc3sccc3C2)c1. The van der Waals surface area contributed by atoms with Gasteiger partial charge in [-0.15, -0.1) is 11.3 Å². The molecule has 4 rings (SSSR count). The van der Waals surface area contributed by atoms with Gasteiger partial charge in [0.25, 0.3) is 5.91 Å². The van der Waals surface area contributed by atoms with Gasteiger partial charge in [-0.3, -0.25) is 14.3 Å². The first-order valence-electron chi connectivity index (χ1n) is 9.00. The Hall–Kier alpha value is -3.13. The third kappa shape index (κ3) is 4.40. The van der Waals surface area contributed by atoms with E-state index in [4.69, 9.17) is 4.74 Å². The number of thiophene rings is 1. The van der Waals surface area contributed by atoms with E-state index in [9.17, 15) is 9.59 Å². The number of amides is 2. The molecule has 3 aromatic rings. The zero-order valence-corrected chi connectivity index (χ0v) is 16.0. The molecule has 8 heteroatoms. The lowest BCUT2D eigenvalue weighted by molar-refractivity contribution is -0.133. The van der Waals surface area contributed by atoms with E-state index in [1.807, 2.05) is 23.1 Å². The molecule has 0 unspecified atom stereocenters. The van der Waals surface area contributed by atoms with Crippen LogP contribution in [0.2, 0.25) is 0 Å². The molecule has 2 amide bonds. The Morgan fingerprint density at radius 2 is 2.07 bits per heavy atom. The fourth-order valence-electron chi connectivity index (χ4n) is 3.08. The van der Waals surface area contributed by atoms with Gasteiger partial charge in [0.1, 0.15) is 12.3 Å². The normalized spacial score (nSPS) is 13.1. The minimum Gasteiger partial charge on any atom is -0.484 e. The number of aromatic nitrogens is 2. The van der Waals surface area contributed by atoms with E-state index in [-0.39, 0.29) is 25.0 Å². The van der Waals surface area contributed by atoms with Gasteiger partial charge in [0.05, 0.1) is 11.9 Å². The Morgan fingerprint density at radius 1 is 1.21 bits per heavy atom. The average molecular weight is 396 g/mol. The molecule has 0 spiro atoms. The van der Waals surface area contributed by atoms with Gasteiger partial charge in [-0.05, 0) is 35.6 Å². The highest BCUT2D eigenvalue weighted by molar-refractivity contribution is 7.10. The molecule has 0 aliphatic carbocycles. The smallest absolute Gasteiger partial charge is 0.262 e. The molecule has 0 fully saturated rings. The number of benzene rings is 1. The van der Waals surface area contributed by atoms with Crippen molar-refractivity contribution in [3.05, 3.63) is 64.6 Å². The second kappa shape index (κ2) is 8.26. The Kier molecular flexibility index (Phi) is 5.38. The Morgan fingerprint density at radius 3 is 2.93 bits per heavy atom. The van der Waals surface area contributed by atoms with Crippen LogP contribution >= 0.6 is 11.3 Å². The number of carbonyl (C=O) groups is 2. The third-order valence-electron chi connectivity index (χ3n) is 4.49. The standard InChI is InChI=1S/C20H20N4O3S/c25-19(14-27-17-4-2-1-3-5-17)22-16-10-21-24(12-16)13-20(26)23-8-6-18-15(11-23)7-9-28-18/h1-5,7,9-10,12H,6,8,11,13-14H2,(H,22,25). The summed E-state index contributed by atoms with van der Waals surface area (Å²) in [4.78, 5) is 27.8. The Bertz CT molecular complexity index is 967. The van der Waals surface area contributed by atoms with Crippen LogP contribution in [-0.2, 0) is 29.1 Å². The van der Waals surface area contributed by atoms with Crippen LogP contribution in [0.4, 0.5) is 5.69 Å². The maximum absolute atomic E-state index is 12.6. The summed E-state index contributed by atoms with van der Waals surface area (Å²) in [5, 5.41) is 8.97. The summed E-state index contributed by atoms with van der Waals surface area (Å²) >= 11 is 1.75. The number of carbonyl (C=O) groups excluding carboxylic acids is 2. The summed E-state index contributed by atoms with van der Waals surface area (Å²) < 4.78 is 6.95. The van der Waals surface area contributed by atoms with Crippen molar-refractivity contribution >= 4 is 28.8 Å². The van der Waals surface area contributed by atoms with E-state index in [1.54, 1.807) is 34.3 Å². The number of hydrogen-bond donors (Lipinski definition) is 1. The van der Waals surface area contributed by atoms with Crippen LogP contribution in [0.1, 0.15) is 10.4 Å². The van der Waals surface area contributed by atoms with E-state index >= 15 is 0 Å². The van der Waals surface area contributed by atoms with Gasteiger partial charge < -0.3 is 15.0 Å². The van der Waals surface area contributed by atoms with Gasteiger partial charge in [-0.1, -0.05) is 18.2 Å². The summed E-state index contributed by atoms with van der Waals surface area (Å²) in [6.07, 6.45) is 4.08. The molecule has 0 bridgehead atoms. The number of para-hydroxylation sites is 1. The quantitative estimate of drug-likeness (QED) is 0.695. The van der Waals surface area contributed by atoms with Gasteiger partial charge in [0.15, 0.2) is 6.61 Å². The van der Waals surface area contributed by atoms with E-state index in [2.05, 4.69) is 21.9 Å². The van der Waals surface area contributed by atoms with Crippen LogP contribution in [0.25, 0.3) is 0 Å². The molecule has 144 valence electrons. The molecular formula is C20H20N4O3S. The van der Waals surface area contributed by atoms with E-state index in [0.29, 0.717) is 18.0 Å². The maximum atomic E-state index is 12.6. The summed E-state index contributed by atoms with van der Waals surface area (Å²) in [6, 6.07) is 11.2. The number of hydrogen-bond acceptors (Lipinski definition) is 5. The van der Waals surface area contributed by atoms with Crippen molar-refractivity contribution in [2.45, 2.75) is 19.5 Å². The molecule has 2 aromatic heterocycles. The minimum absolute atomic E-state index is 0.0187. The van der Waals surface area contributed by atoms with Gasteiger partial charge in [0.2, 0.25) is 5.91 Å².